The van der Waals surface area contributed by atoms with Crippen LogP contribution in [0, 0.1) is 6.04 Å². The molecule has 61 valence electrons. The van der Waals surface area contributed by atoms with Gasteiger partial charge in [-0.3, -0.25) is 0 Å². The lowest BCUT2D eigenvalue weighted by atomic mass is 10.1. The SMILES string of the molecule is CCCCCCCC[CH][SiH3]. The van der Waals surface area contributed by atoms with E-state index in [1.54, 1.807) is 0 Å². The van der Waals surface area contributed by atoms with E-state index < -0.39 is 0 Å². The molecule has 0 aromatic rings. The lowest BCUT2D eigenvalue weighted by Gasteiger charge is -1.97. The molecule has 0 heterocycles. The second-order valence-electron chi connectivity index (χ2n) is 2.96. The van der Waals surface area contributed by atoms with Crippen LogP contribution in [0.5, 0.6) is 0 Å². The van der Waals surface area contributed by atoms with E-state index in [4.69, 9.17) is 0 Å². The fourth-order valence-electron chi connectivity index (χ4n) is 1.13. The van der Waals surface area contributed by atoms with Crippen molar-refractivity contribution in [2.45, 2.75) is 51.9 Å². The van der Waals surface area contributed by atoms with Gasteiger partial charge in [0.15, 0.2) is 0 Å². The first-order chi connectivity index (χ1) is 4.91. The first kappa shape index (κ1) is 10.2. The summed E-state index contributed by atoms with van der Waals surface area (Å²) in [4.78, 5) is 0. The molecule has 0 bridgehead atoms. The zero-order valence-corrected chi connectivity index (χ0v) is 9.53. The van der Waals surface area contributed by atoms with Crippen molar-refractivity contribution in [1.29, 1.82) is 0 Å². The summed E-state index contributed by atoms with van der Waals surface area (Å²) in [5, 5.41) is 0. The van der Waals surface area contributed by atoms with Gasteiger partial charge in [-0.2, -0.15) is 0 Å². The molecule has 0 saturated heterocycles. The molecule has 0 aromatic carbocycles. The first-order valence-corrected chi connectivity index (χ1v) is 5.85. The first-order valence-electron chi connectivity index (χ1n) is 4.69. The largest absolute Gasteiger partial charge is 0.0654 e. The maximum absolute atomic E-state index is 2.40. The van der Waals surface area contributed by atoms with Crippen molar-refractivity contribution in [3.63, 3.8) is 0 Å². The van der Waals surface area contributed by atoms with Crippen LogP contribution in [0.1, 0.15) is 51.9 Å². The quantitative estimate of drug-likeness (QED) is 0.393. The van der Waals surface area contributed by atoms with Crippen molar-refractivity contribution in [2.75, 3.05) is 0 Å². The van der Waals surface area contributed by atoms with Crippen LogP contribution in [0.3, 0.4) is 0 Å². The Morgan fingerprint density at radius 1 is 1.00 bits per heavy atom. The molecule has 0 unspecified atom stereocenters. The van der Waals surface area contributed by atoms with Crippen LogP contribution >= 0.6 is 0 Å². The second-order valence-corrected chi connectivity index (χ2v) is 3.78. The second kappa shape index (κ2) is 9.22. The molecule has 1 heteroatoms. The van der Waals surface area contributed by atoms with Crippen LogP contribution in [0.4, 0.5) is 0 Å². The predicted molar refractivity (Wildman–Crippen MR) is 52.2 cm³/mol. The third-order valence-electron chi connectivity index (χ3n) is 1.85. The van der Waals surface area contributed by atoms with E-state index in [0.29, 0.717) is 0 Å². The van der Waals surface area contributed by atoms with Crippen molar-refractivity contribution >= 4 is 10.2 Å². The third kappa shape index (κ3) is 8.22. The smallest absolute Gasteiger partial charge is 0.00667 e. The minimum Gasteiger partial charge on any atom is -0.0654 e. The van der Waals surface area contributed by atoms with Gasteiger partial charge in [0.2, 0.25) is 0 Å². The van der Waals surface area contributed by atoms with Crippen LogP contribution < -0.4 is 0 Å². The summed E-state index contributed by atoms with van der Waals surface area (Å²) in [7, 11) is 1.28. The molecule has 0 aliphatic rings. The van der Waals surface area contributed by atoms with Gasteiger partial charge in [-0.25, -0.2) is 0 Å². The molecule has 1 radical (unpaired) electrons. The highest BCUT2D eigenvalue weighted by Crippen LogP contribution is 2.06. The normalized spacial score (nSPS) is 10.5. The molecule has 0 atom stereocenters. The van der Waals surface area contributed by atoms with Crippen LogP contribution in [-0.4, -0.2) is 10.2 Å². The van der Waals surface area contributed by atoms with Gasteiger partial charge < -0.3 is 0 Å². The van der Waals surface area contributed by atoms with Gasteiger partial charge in [0, 0.05) is 10.2 Å². The van der Waals surface area contributed by atoms with Gasteiger partial charge in [0.25, 0.3) is 0 Å². The fourth-order valence-corrected chi connectivity index (χ4v) is 1.54. The van der Waals surface area contributed by atoms with Crippen LogP contribution in [0.15, 0.2) is 0 Å². The monoisotopic (exact) mass is 157 g/mol. The maximum atomic E-state index is 2.40. The van der Waals surface area contributed by atoms with Crippen molar-refractivity contribution in [3.8, 4) is 0 Å². The van der Waals surface area contributed by atoms with E-state index in [1.807, 2.05) is 0 Å². The Kier molecular flexibility index (Phi) is 9.42. The van der Waals surface area contributed by atoms with Gasteiger partial charge in [0.1, 0.15) is 0 Å². The van der Waals surface area contributed by atoms with Gasteiger partial charge in [-0.15, -0.1) is 0 Å². The zero-order chi connectivity index (χ0) is 7.66. The molecule has 0 saturated carbocycles. The minimum absolute atomic E-state index is 1.28. The summed E-state index contributed by atoms with van der Waals surface area (Å²) >= 11 is 0. The van der Waals surface area contributed by atoms with E-state index in [-0.39, 0.29) is 0 Å². The summed E-state index contributed by atoms with van der Waals surface area (Å²) in [5.41, 5.74) is 0. The van der Waals surface area contributed by atoms with Crippen molar-refractivity contribution < 1.29 is 0 Å². The molecule has 0 spiro atoms. The average molecular weight is 157 g/mol. The van der Waals surface area contributed by atoms with Gasteiger partial charge >= 0.3 is 0 Å². The summed E-state index contributed by atoms with van der Waals surface area (Å²) in [6.45, 7) is 2.27. The Balaban J connectivity index is 2.65. The Bertz CT molecular complexity index is 44.7. The molecule has 10 heavy (non-hydrogen) atoms. The molecular weight excluding hydrogens is 136 g/mol. The van der Waals surface area contributed by atoms with Crippen molar-refractivity contribution in [1.82, 2.24) is 0 Å². The summed E-state index contributed by atoms with van der Waals surface area (Å²) in [6, 6.07) is 2.40. The van der Waals surface area contributed by atoms with E-state index in [9.17, 15) is 0 Å². The zero-order valence-electron chi connectivity index (χ0n) is 7.53. The Morgan fingerprint density at radius 3 is 2.20 bits per heavy atom. The van der Waals surface area contributed by atoms with E-state index in [0.717, 1.165) is 0 Å². The molecule has 0 aliphatic heterocycles. The van der Waals surface area contributed by atoms with Gasteiger partial charge in [0.05, 0.1) is 0 Å². The third-order valence-corrected chi connectivity index (χ3v) is 2.42. The number of unbranched alkanes of at least 4 members (excludes halogenated alkanes) is 6. The number of hydrogen-bond donors (Lipinski definition) is 0. The molecule has 0 aliphatic carbocycles. The molecule has 0 fully saturated rings. The van der Waals surface area contributed by atoms with E-state index in [2.05, 4.69) is 13.0 Å². The minimum atomic E-state index is 1.28. The molecule has 0 aromatic heterocycles. The topological polar surface area (TPSA) is 0 Å². The highest BCUT2D eigenvalue weighted by molar-refractivity contribution is 6.14. The van der Waals surface area contributed by atoms with Crippen LogP contribution in [0.2, 0.25) is 0 Å². The van der Waals surface area contributed by atoms with E-state index in [1.165, 1.54) is 55.2 Å². The Morgan fingerprint density at radius 2 is 1.60 bits per heavy atom. The van der Waals surface area contributed by atoms with Crippen molar-refractivity contribution in [3.05, 3.63) is 6.04 Å². The summed E-state index contributed by atoms with van der Waals surface area (Å²) < 4.78 is 0. The predicted octanol–water partition coefficient (Wildman–Crippen LogP) is 2.26. The fraction of sp³-hybridized carbons (Fsp3) is 0.889. The van der Waals surface area contributed by atoms with Crippen LogP contribution in [0.25, 0.3) is 0 Å². The average Bonchev–Trinajstić information content (AvgIpc) is 1.97. The molecule has 0 amide bonds. The van der Waals surface area contributed by atoms with Gasteiger partial charge in [-0.1, -0.05) is 57.9 Å². The Labute approximate surface area is 68.8 Å². The number of rotatable bonds is 7. The van der Waals surface area contributed by atoms with E-state index >= 15 is 0 Å². The van der Waals surface area contributed by atoms with Crippen LogP contribution in [-0.2, 0) is 0 Å². The number of hydrogen-bond acceptors (Lipinski definition) is 0. The lowest BCUT2D eigenvalue weighted by molar-refractivity contribution is 0.609. The van der Waals surface area contributed by atoms with Crippen molar-refractivity contribution in [2.24, 2.45) is 0 Å². The Hall–Kier alpha value is 0.217. The summed E-state index contributed by atoms with van der Waals surface area (Å²) in [5.74, 6) is 0. The highest BCUT2D eigenvalue weighted by atomic mass is 28.1. The molecule has 0 N–H and O–H groups in total. The maximum Gasteiger partial charge on any atom is 0.00667 e. The van der Waals surface area contributed by atoms with Gasteiger partial charge in [-0.05, 0) is 0 Å². The molecule has 0 nitrogen and oxygen atoms in total. The molecule has 0 rings (SSSR count). The summed E-state index contributed by atoms with van der Waals surface area (Å²) in [6.07, 6.45) is 9.99. The molecular formula is C9H21Si. The standard InChI is InChI=1S/C9H21Si/c1-2-3-4-5-6-7-8-9-10/h9H,2-8H2,1,10H3. The highest BCUT2D eigenvalue weighted by Gasteiger charge is 1.87. The lowest BCUT2D eigenvalue weighted by Crippen LogP contribution is -1.79.